The highest BCUT2D eigenvalue weighted by Gasteiger charge is 2.13. The van der Waals surface area contributed by atoms with E-state index in [-0.39, 0.29) is 5.91 Å². The molecule has 0 atom stereocenters. The van der Waals surface area contributed by atoms with E-state index in [1.54, 1.807) is 18.5 Å². The third-order valence-corrected chi connectivity index (χ3v) is 3.72. The highest BCUT2D eigenvalue weighted by molar-refractivity contribution is 9.10. The van der Waals surface area contributed by atoms with Gasteiger partial charge in [-0.2, -0.15) is 0 Å². The number of anilines is 2. The van der Waals surface area contributed by atoms with Crippen molar-refractivity contribution in [1.82, 2.24) is 9.55 Å². The Morgan fingerprint density at radius 3 is 2.90 bits per heavy atom. The van der Waals surface area contributed by atoms with Crippen molar-refractivity contribution in [3.63, 3.8) is 0 Å². The number of hydrogen-bond donors (Lipinski definition) is 2. The molecule has 106 valence electrons. The van der Waals surface area contributed by atoms with Crippen molar-refractivity contribution >= 4 is 33.2 Å². The highest BCUT2D eigenvalue weighted by Crippen LogP contribution is 2.18. The van der Waals surface area contributed by atoms with Crippen LogP contribution in [0.2, 0.25) is 0 Å². The van der Waals surface area contributed by atoms with Crippen LogP contribution in [0.25, 0.3) is 0 Å². The molecule has 0 unspecified atom stereocenters. The molecule has 0 radical (unpaired) electrons. The Balaban J connectivity index is 2.21. The third kappa shape index (κ3) is 3.19. The number of halogens is 1. The number of nitrogens with two attached hydrogens (primary N) is 1. The molecule has 0 aliphatic heterocycles. The van der Waals surface area contributed by atoms with Gasteiger partial charge in [0.15, 0.2) is 0 Å². The van der Waals surface area contributed by atoms with Crippen LogP contribution in [0.5, 0.6) is 0 Å². The highest BCUT2D eigenvalue weighted by atomic mass is 79.9. The first-order valence-corrected chi connectivity index (χ1v) is 7.19. The largest absolute Gasteiger partial charge is 0.397 e. The van der Waals surface area contributed by atoms with Gasteiger partial charge in [-0.3, -0.25) is 4.79 Å². The van der Waals surface area contributed by atoms with Crippen molar-refractivity contribution in [3.8, 4) is 0 Å². The summed E-state index contributed by atoms with van der Waals surface area (Å²) in [6.45, 7) is 4.74. The summed E-state index contributed by atoms with van der Waals surface area (Å²) >= 11 is 3.33. The molecule has 0 saturated carbocycles. The van der Waals surface area contributed by atoms with Gasteiger partial charge < -0.3 is 15.6 Å². The first-order chi connectivity index (χ1) is 9.51. The smallest absolute Gasteiger partial charge is 0.272 e. The fraction of sp³-hybridized carbons (Fsp3) is 0.286. The van der Waals surface area contributed by atoms with E-state index in [9.17, 15) is 4.79 Å². The maximum Gasteiger partial charge on any atom is 0.272 e. The summed E-state index contributed by atoms with van der Waals surface area (Å²) < 4.78 is 2.64. The fourth-order valence-corrected chi connectivity index (χ4v) is 2.19. The van der Waals surface area contributed by atoms with Crippen LogP contribution in [0, 0.1) is 6.92 Å². The monoisotopic (exact) mass is 336 g/mol. The molecule has 6 heteroatoms. The van der Waals surface area contributed by atoms with Crippen LogP contribution in [0.1, 0.15) is 29.4 Å². The van der Waals surface area contributed by atoms with Gasteiger partial charge in [0.05, 0.1) is 17.6 Å². The molecule has 0 aliphatic carbocycles. The molecular weight excluding hydrogens is 320 g/mol. The SMILES string of the molecule is CCCn1cc(N)cc1C(=O)Nc1cnc(Br)c(C)c1. The number of aryl methyl sites for hydroxylation is 2. The summed E-state index contributed by atoms with van der Waals surface area (Å²) in [6.07, 6.45) is 4.34. The number of aromatic nitrogens is 2. The maximum atomic E-state index is 12.3. The minimum Gasteiger partial charge on any atom is -0.397 e. The van der Waals surface area contributed by atoms with Gasteiger partial charge in [-0.05, 0) is 47.0 Å². The number of pyridine rings is 1. The second kappa shape index (κ2) is 6.09. The van der Waals surface area contributed by atoms with Crippen LogP contribution in [0.4, 0.5) is 11.4 Å². The van der Waals surface area contributed by atoms with Crippen molar-refractivity contribution < 1.29 is 4.79 Å². The zero-order valence-electron chi connectivity index (χ0n) is 11.5. The summed E-state index contributed by atoms with van der Waals surface area (Å²) in [6, 6.07) is 3.55. The molecule has 0 fully saturated rings. The van der Waals surface area contributed by atoms with E-state index in [0.717, 1.165) is 23.1 Å². The molecule has 20 heavy (non-hydrogen) atoms. The van der Waals surface area contributed by atoms with Gasteiger partial charge in [0.1, 0.15) is 10.3 Å². The number of hydrogen-bond acceptors (Lipinski definition) is 3. The minimum absolute atomic E-state index is 0.182. The standard InChI is InChI=1S/C14H17BrN4O/c1-3-4-19-8-10(16)6-12(19)14(20)18-11-5-9(2)13(15)17-7-11/h5-8H,3-4,16H2,1-2H3,(H,18,20). The zero-order valence-corrected chi connectivity index (χ0v) is 13.1. The Hall–Kier alpha value is -1.82. The second-order valence-electron chi connectivity index (χ2n) is 4.64. The molecule has 2 rings (SSSR count). The predicted octanol–water partition coefficient (Wildman–Crippen LogP) is 3.20. The first kappa shape index (κ1) is 14.6. The zero-order chi connectivity index (χ0) is 14.7. The van der Waals surface area contributed by atoms with Gasteiger partial charge in [0.25, 0.3) is 5.91 Å². The van der Waals surface area contributed by atoms with Gasteiger partial charge in [0.2, 0.25) is 0 Å². The Morgan fingerprint density at radius 1 is 1.50 bits per heavy atom. The molecule has 0 saturated heterocycles. The number of nitrogen functional groups attached to an aromatic ring is 1. The van der Waals surface area contributed by atoms with Gasteiger partial charge in [0, 0.05) is 12.7 Å². The number of amides is 1. The molecule has 0 aromatic carbocycles. The minimum atomic E-state index is -0.182. The van der Waals surface area contributed by atoms with Crippen LogP contribution in [-0.4, -0.2) is 15.5 Å². The number of nitrogens with zero attached hydrogens (tertiary/aromatic N) is 2. The van der Waals surface area contributed by atoms with Gasteiger partial charge in [-0.15, -0.1) is 0 Å². The molecule has 2 heterocycles. The fourth-order valence-electron chi connectivity index (χ4n) is 1.97. The lowest BCUT2D eigenvalue weighted by Gasteiger charge is -2.09. The average molecular weight is 337 g/mol. The molecule has 2 aromatic rings. The van der Waals surface area contributed by atoms with E-state index in [4.69, 9.17) is 5.73 Å². The van der Waals surface area contributed by atoms with Crippen molar-refractivity contribution in [1.29, 1.82) is 0 Å². The van der Waals surface area contributed by atoms with E-state index in [0.29, 0.717) is 17.1 Å². The average Bonchev–Trinajstić information content (AvgIpc) is 2.75. The van der Waals surface area contributed by atoms with E-state index in [1.807, 2.05) is 17.6 Å². The summed E-state index contributed by atoms with van der Waals surface area (Å²) in [7, 11) is 0. The Morgan fingerprint density at radius 2 is 2.25 bits per heavy atom. The number of rotatable bonds is 4. The van der Waals surface area contributed by atoms with E-state index in [1.165, 1.54) is 0 Å². The van der Waals surface area contributed by atoms with Crippen LogP contribution in [0.3, 0.4) is 0 Å². The second-order valence-corrected chi connectivity index (χ2v) is 5.39. The Labute approximate surface area is 126 Å². The van der Waals surface area contributed by atoms with Crippen molar-refractivity contribution in [2.24, 2.45) is 0 Å². The normalized spacial score (nSPS) is 10.6. The summed E-state index contributed by atoms with van der Waals surface area (Å²) in [5, 5.41) is 2.84. The van der Waals surface area contributed by atoms with E-state index in [2.05, 4.69) is 33.2 Å². The number of carbonyl (C=O) groups excluding carboxylic acids is 1. The summed E-state index contributed by atoms with van der Waals surface area (Å²) in [4.78, 5) is 16.5. The van der Waals surface area contributed by atoms with E-state index < -0.39 is 0 Å². The Kier molecular flexibility index (Phi) is 4.44. The lowest BCUT2D eigenvalue weighted by molar-refractivity contribution is 0.101. The molecular formula is C14H17BrN4O. The van der Waals surface area contributed by atoms with Gasteiger partial charge in [-0.1, -0.05) is 6.92 Å². The van der Waals surface area contributed by atoms with Crippen LogP contribution >= 0.6 is 15.9 Å². The van der Waals surface area contributed by atoms with E-state index >= 15 is 0 Å². The Bertz CT molecular complexity index is 636. The number of carbonyl (C=O) groups is 1. The molecule has 0 aliphatic rings. The molecule has 5 nitrogen and oxygen atoms in total. The van der Waals surface area contributed by atoms with Crippen molar-refractivity contribution in [3.05, 3.63) is 40.4 Å². The van der Waals surface area contributed by atoms with Crippen molar-refractivity contribution in [2.75, 3.05) is 11.1 Å². The van der Waals surface area contributed by atoms with Crippen molar-refractivity contribution in [2.45, 2.75) is 26.8 Å². The molecule has 2 aromatic heterocycles. The quantitative estimate of drug-likeness (QED) is 0.842. The van der Waals surface area contributed by atoms with Crippen LogP contribution in [0.15, 0.2) is 29.1 Å². The van der Waals surface area contributed by atoms with Gasteiger partial charge in [-0.25, -0.2) is 4.98 Å². The van der Waals surface area contributed by atoms with Crippen LogP contribution in [-0.2, 0) is 6.54 Å². The maximum absolute atomic E-state index is 12.3. The van der Waals surface area contributed by atoms with Gasteiger partial charge >= 0.3 is 0 Å². The predicted molar refractivity (Wildman–Crippen MR) is 83.8 cm³/mol. The molecule has 1 amide bonds. The lowest BCUT2D eigenvalue weighted by atomic mass is 10.3. The summed E-state index contributed by atoms with van der Waals surface area (Å²) in [5.41, 5.74) is 8.55. The van der Waals surface area contributed by atoms with Crippen LogP contribution < -0.4 is 11.1 Å². The molecule has 0 bridgehead atoms. The number of nitrogens with one attached hydrogen (secondary N) is 1. The molecule has 0 spiro atoms. The summed E-state index contributed by atoms with van der Waals surface area (Å²) in [5.74, 6) is -0.182. The first-order valence-electron chi connectivity index (χ1n) is 6.40. The topological polar surface area (TPSA) is 72.9 Å². The lowest BCUT2D eigenvalue weighted by Crippen LogP contribution is -2.17. The molecule has 3 N–H and O–H groups in total. The third-order valence-electron chi connectivity index (χ3n) is 2.89.